The van der Waals surface area contributed by atoms with Gasteiger partial charge in [0.1, 0.15) is 11.4 Å². The Kier molecular flexibility index (Phi) is 4.87. The van der Waals surface area contributed by atoms with Gasteiger partial charge >= 0.3 is 12.0 Å². The van der Waals surface area contributed by atoms with Crippen molar-refractivity contribution in [1.82, 2.24) is 15.2 Å². The molecule has 3 rings (SSSR count). The molecule has 2 amide bonds. The molecule has 7 nitrogen and oxygen atoms in total. The second-order valence-electron chi connectivity index (χ2n) is 6.54. The number of amides is 2. The van der Waals surface area contributed by atoms with Gasteiger partial charge in [0.25, 0.3) is 0 Å². The van der Waals surface area contributed by atoms with Crippen molar-refractivity contribution >= 4 is 17.8 Å². The number of piperazine rings is 1. The lowest BCUT2D eigenvalue weighted by molar-refractivity contribution is -0.146. The van der Waals surface area contributed by atoms with Crippen LogP contribution in [0, 0.1) is 0 Å². The molecule has 1 aliphatic carbocycles. The highest BCUT2D eigenvalue weighted by Crippen LogP contribution is 2.28. The molecule has 0 spiro atoms. The molecule has 1 aliphatic heterocycles. The average molecular weight is 332 g/mol. The lowest BCUT2D eigenvalue weighted by atomic mass is 9.82. The Labute approximate surface area is 141 Å². The van der Waals surface area contributed by atoms with Gasteiger partial charge < -0.3 is 20.2 Å². The van der Waals surface area contributed by atoms with Gasteiger partial charge in [0.15, 0.2) is 0 Å². The van der Waals surface area contributed by atoms with Gasteiger partial charge in [-0.3, -0.25) is 0 Å². The van der Waals surface area contributed by atoms with Crippen LogP contribution in [0.2, 0.25) is 0 Å². The quantitative estimate of drug-likeness (QED) is 0.880. The SMILES string of the molecule is O=C(NC1(C(=O)O)CCCCC1)N1CCN(c2ccccn2)CC1. The number of pyridine rings is 1. The molecule has 1 saturated carbocycles. The second kappa shape index (κ2) is 7.07. The molecule has 0 atom stereocenters. The molecule has 0 radical (unpaired) electrons. The zero-order chi connectivity index (χ0) is 17.0. The van der Waals surface area contributed by atoms with E-state index in [4.69, 9.17) is 0 Å². The fourth-order valence-electron chi connectivity index (χ4n) is 3.51. The number of carbonyl (C=O) groups is 2. The molecule has 2 heterocycles. The molecule has 0 aromatic carbocycles. The number of nitrogens with one attached hydrogen (secondary N) is 1. The third kappa shape index (κ3) is 3.44. The summed E-state index contributed by atoms with van der Waals surface area (Å²) in [6, 6.07) is 5.51. The monoisotopic (exact) mass is 332 g/mol. The van der Waals surface area contributed by atoms with Gasteiger partial charge in [0, 0.05) is 32.4 Å². The van der Waals surface area contributed by atoms with E-state index < -0.39 is 11.5 Å². The third-order valence-electron chi connectivity index (χ3n) is 5.00. The van der Waals surface area contributed by atoms with Crippen LogP contribution in [0.1, 0.15) is 32.1 Å². The van der Waals surface area contributed by atoms with E-state index in [0.717, 1.165) is 25.1 Å². The van der Waals surface area contributed by atoms with E-state index in [1.165, 1.54) is 0 Å². The van der Waals surface area contributed by atoms with Crippen LogP contribution >= 0.6 is 0 Å². The minimum absolute atomic E-state index is 0.264. The van der Waals surface area contributed by atoms with Gasteiger partial charge in [-0.25, -0.2) is 14.6 Å². The molecule has 2 aliphatic rings. The van der Waals surface area contributed by atoms with Crippen LogP contribution in [0.4, 0.5) is 10.6 Å². The fourth-order valence-corrected chi connectivity index (χ4v) is 3.51. The number of hydrogen-bond donors (Lipinski definition) is 2. The molecule has 1 aromatic rings. The third-order valence-corrected chi connectivity index (χ3v) is 5.00. The highest BCUT2D eigenvalue weighted by molar-refractivity contribution is 5.86. The van der Waals surface area contributed by atoms with E-state index in [-0.39, 0.29) is 6.03 Å². The summed E-state index contributed by atoms with van der Waals surface area (Å²) in [7, 11) is 0. The summed E-state index contributed by atoms with van der Waals surface area (Å²) in [6.45, 7) is 2.53. The lowest BCUT2D eigenvalue weighted by Gasteiger charge is -2.39. The summed E-state index contributed by atoms with van der Waals surface area (Å²) < 4.78 is 0. The number of urea groups is 1. The van der Waals surface area contributed by atoms with Crippen LogP contribution < -0.4 is 10.2 Å². The van der Waals surface area contributed by atoms with Crippen LogP contribution in [-0.4, -0.2) is 58.7 Å². The molecule has 7 heteroatoms. The zero-order valence-electron chi connectivity index (χ0n) is 13.8. The highest BCUT2D eigenvalue weighted by Gasteiger charge is 2.42. The van der Waals surface area contributed by atoms with E-state index in [1.54, 1.807) is 11.1 Å². The topological polar surface area (TPSA) is 85.8 Å². The Morgan fingerprint density at radius 2 is 1.79 bits per heavy atom. The van der Waals surface area contributed by atoms with Gasteiger partial charge in [0.2, 0.25) is 0 Å². The number of rotatable bonds is 3. The summed E-state index contributed by atoms with van der Waals surface area (Å²) in [5.41, 5.74) is -1.09. The Morgan fingerprint density at radius 1 is 1.08 bits per heavy atom. The maximum Gasteiger partial charge on any atom is 0.329 e. The number of carboxylic acid groups (broad SMARTS) is 1. The largest absolute Gasteiger partial charge is 0.480 e. The number of carboxylic acids is 1. The molecule has 130 valence electrons. The van der Waals surface area contributed by atoms with Gasteiger partial charge in [0.05, 0.1) is 0 Å². The van der Waals surface area contributed by atoms with Crippen LogP contribution in [0.3, 0.4) is 0 Å². The smallest absolute Gasteiger partial charge is 0.329 e. The van der Waals surface area contributed by atoms with Crippen LogP contribution in [0.25, 0.3) is 0 Å². The van der Waals surface area contributed by atoms with E-state index in [2.05, 4.69) is 15.2 Å². The van der Waals surface area contributed by atoms with Crippen molar-refractivity contribution in [2.45, 2.75) is 37.6 Å². The Morgan fingerprint density at radius 3 is 2.38 bits per heavy atom. The highest BCUT2D eigenvalue weighted by atomic mass is 16.4. The number of hydrogen-bond acceptors (Lipinski definition) is 4. The number of aromatic nitrogens is 1. The molecule has 2 fully saturated rings. The minimum atomic E-state index is -1.09. The summed E-state index contributed by atoms with van der Waals surface area (Å²) >= 11 is 0. The molecule has 1 saturated heterocycles. The van der Waals surface area contributed by atoms with Crippen molar-refractivity contribution in [2.24, 2.45) is 0 Å². The Hall–Kier alpha value is -2.31. The maximum absolute atomic E-state index is 12.5. The normalized spacial score (nSPS) is 20.5. The van der Waals surface area contributed by atoms with Crippen LogP contribution in [0.15, 0.2) is 24.4 Å². The molecule has 2 N–H and O–H groups in total. The molecular weight excluding hydrogens is 308 g/mol. The first-order chi connectivity index (χ1) is 11.6. The Bertz CT molecular complexity index is 579. The predicted octanol–water partition coefficient (Wildman–Crippen LogP) is 1.70. The van der Waals surface area contributed by atoms with E-state index in [9.17, 15) is 14.7 Å². The second-order valence-corrected chi connectivity index (χ2v) is 6.54. The minimum Gasteiger partial charge on any atom is -0.480 e. The first kappa shape index (κ1) is 16.5. The van der Waals surface area contributed by atoms with Crippen molar-refractivity contribution in [3.63, 3.8) is 0 Å². The number of anilines is 1. The first-order valence-corrected chi connectivity index (χ1v) is 8.57. The van der Waals surface area contributed by atoms with Crippen molar-refractivity contribution < 1.29 is 14.7 Å². The molecule has 0 bridgehead atoms. The first-order valence-electron chi connectivity index (χ1n) is 8.57. The summed E-state index contributed by atoms with van der Waals surface area (Å²) in [4.78, 5) is 32.4. The predicted molar refractivity (Wildman–Crippen MR) is 90.0 cm³/mol. The van der Waals surface area contributed by atoms with Crippen molar-refractivity contribution in [3.05, 3.63) is 24.4 Å². The lowest BCUT2D eigenvalue weighted by Crippen LogP contribution is -2.61. The maximum atomic E-state index is 12.5. The fraction of sp³-hybridized carbons (Fsp3) is 0.588. The molecular formula is C17H24N4O3. The molecule has 24 heavy (non-hydrogen) atoms. The summed E-state index contributed by atoms with van der Waals surface area (Å²) in [5.74, 6) is -0.00508. The van der Waals surface area contributed by atoms with Gasteiger partial charge in [-0.05, 0) is 25.0 Å². The number of nitrogens with zero attached hydrogens (tertiary/aromatic N) is 3. The van der Waals surface area contributed by atoms with Gasteiger partial charge in [-0.2, -0.15) is 0 Å². The van der Waals surface area contributed by atoms with Gasteiger partial charge in [-0.1, -0.05) is 25.3 Å². The summed E-state index contributed by atoms with van der Waals surface area (Å²) in [6.07, 6.45) is 5.52. The summed E-state index contributed by atoms with van der Waals surface area (Å²) in [5, 5.41) is 12.4. The van der Waals surface area contributed by atoms with Crippen LogP contribution in [-0.2, 0) is 4.79 Å². The van der Waals surface area contributed by atoms with Crippen molar-refractivity contribution in [2.75, 3.05) is 31.1 Å². The number of carbonyl (C=O) groups excluding carboxylic acids is 1. The van der Waals surface area contributed by atoms with E-state index >= 15 is 0 Å². The Balaban J connectivity index is 1.58. The van der Waals surface area contributed by atoms with Crippen LogP contribution in [0.5, 0.6) is 0 Å². The standard InChI is InChI=1S/C17H24N4O3/c22-15(23)17(7-3-1-4-8-17)19-16(24)21-12-10-20(11-13-21)14-6-2-5-9-18-14/h2,5-6,9H,1,3-4,7-8,10-13H2,(H,19,24)(H,22,23). The van der Waals surface area contributed by atoms with Gasteiger partial charge in [-0.15, -0.1) is 0 Å². The van der Waals surface area contributed by atoms with Crippen molar-refractivity contribution in [1.29, 1.82) is 0 Å². The average Bonchev–Trinajstić information content (AvgIpc) is 2.63. The zero-order valence-corrected chi connectivity index (χ0v) is 13.8. The van der Waals surface area contributed by atoms with E-state index in [1.807, 2.05) is 18.2 Å². The van der Waals surface area contributed by atoms with Crippen molar-refractivity contribution in [3.8, 4) is 0 Å². The number of aliphatic carboxylic acids is 1. The molecule has 0 unspecified atom stereocenters. The van der Waals surface area contributed by atoms with E-state index in [0.29, 0.717) is 39.0 Å². The molecule has 1 aromatic heterocycles.